The van der Waals surface area contributed by atoms with Crippen molar-refractivity contribution in [1.29, 1.82) is 0 Å². The molecule has 0 aromatic rings. The molecule has 0 saturated carbocycles. The normalized spacial score (nSPS) is 23.9. The predicted molar refractivity (Wildman–Crippen MR) is 67.1 cm³/mol. The molecule has 1 unspecified atom stereocenters. The molecule has 1 nitrogen and oxygen atoms in total. The van der Waals surface area contributed by atoms with Crippen LogP contribution in [0.5, 0.6) is 0 Å². The Bertz CT molecular complexity index is 241. The number of rotatable bonds is 5. The van der Waals surface area contributed by atoms with Gasteiger partial charge in [-0.2, -0.15) is 0 Å². The van der Waals surface area contributed by atoms with Crippen LogP contribution < -0.4 is 0 Å². The Hall–Kier alpha value is -0.210. The summed E-state index contributed by atoms with van der Waals surface area (Å²) in [5.41, 5.74) is 1.51. The lowest BCUT2D eigenvalue weighted by Gasteiger charge is -2.15. The van der Waals surface area contributed by atoms with Crippen LogP contribution in [0.3, 0.4) is 0 Å². The van der Waals surface area contributed by atoms with Crippen molar-refractivity contribution >= 4 is 10.9 Å². The van der Waals surface area contributed by atoms with Gasteiger partial charge in [0.25, 0.3) is 0 Å². The van der Waals surface area contributed by atoms with Crippen molar-refractivity contribution in [2.45, 2.75) is 40.2 Å². The predicted octanol–water partition coefficient (Wildman–Crippen LogP) is 3.62. The minimum absolute atomic E-state index is 0.00806. The molecule has 2 heteroatoms. The van der Waals surface area contributed by atoms with Crippen molar-refractivity contribution in [3.05, 3.63) is 22.0 Å². The van der Waals surface area contributed by atoms with Gasteiger partial charge in [0, 0.05) is 5.75 Å². The Balaban J connectivity index is 2.33. The molecule has 1 heterocycles. The van der Waals surface area contributed by atoms with Gasteiger partial charge in [-0.15, -0.1) is 0 Å². The molecule has 14 heavy (non-hydrogen) atoms. The summed E-state index contributed by atoms with van der Waals surface area (Å²) in [6, 6.07) is 0. The molecule has 0 N–H and O–H groups in total. The van der Waals surface area contributed by atoms with Gasteiger partial charge >= 0.3 is 0 Å². The zero-order valence-electron chi connectivity index (χ0n) is 9.71. The Kier molecular flexibility index (Phi) is 4.76. The Morgan fingerprint density at radius 2 is 2.14 bits per heavy atom. The number of hydrogen-bond donors (Lipinski definition) is 1. The fourth-order valence-corrected chi connectivity index (χ4v) is 3.49. The highest BCUT2D eigenvalue weighted by Crippen LogP contribution is 2.43. The second kappa shape index (κ2) is 5.62. The molecule has 1 aliphatic heterocycles. The third-order valence-electron chi connectivity index (χ3n) is 2.36. The average molecular weight is 214 g/mol. The van der Waals surface area contributed by atoms with E-state index in [0.29, 0.717) is 6.10 Å². The highest BCUT2D eigenvalue weighted by atomic mass is 32.2. The lowest BCUT2D eigenvalue weighted by atomic mass is 10.2. The summed E-state index contributed by atoms with van der Waals surface area (Å²) in [5.74, 6) is 1.19. The maximum atomic E-state index is 5.58. The molecule has 1 rings (SSSR count). The maximum Gasteiger partial charge on any atom is 0.0549 e. The standard InChI is InChI=1S/C12H22OS/c1-5-12-8-11(4)14(9-12)7-6-13-10(2)3/h8-10,14H,5-7H2,1-4H3. The van der Waals surface area contributed by atoms with E-state index >= 15 is 0 Å². The van der Waals surface area contributed by atoms with Gasteiger partial charge in [0.1, 0.15) is 0 Å². The molecule has 0 radical (unpaired) electrons. The van der Waals surface area contributed by atoms with Gasteiger partial charge in [-0.25, -0.2) is 10.9 Å². The van der Waals surface area contributed by atoms with Crippen molar-refractivity contribution in [1.82, 2.24) is 0 Å². The molecular formula is C12H22OS. The van der Waals surface area contributed by atoms with Gasteiger partial charge < -0.3 is 4.74 Å². The van der Waals surface area contributed by atoms with Crippen molar-refractivity contribution in [3.63, 3.8) is 0 Å². The lowest BCUT2D eigenvalue weighted by molar-refractivity contribution is 0.0920. The van der Waals surface area contributed by atoms with Crippen molar-refractivity contribution < 1.29 is 4.74 Å². The molecule has 1 atom stereocenters. The van der Waals surface area contributed by atoms with E-state index < -0.39 is 0 Å². The van der Waals surface area contributed by atoms with E-state index in [4.69, 9.17) is 4.74 Å². The number of ether oxygens (including phenoxy) is 1. The van der Waals surface area contributed by atoms with Crippen LogP contribution in [-0.4, -0.2) is 18.5 Å². The summed E-state index contributed by atoms with van der Waals surface area (Å²) in [6.45, 7) is 9.57. The summed E-state index contributed by atoms with van der Waals surface area (Å²) in [7, 11) is -0.00806. The van der Waals surface area contributed by atoms with Crippen LogP contribution in [0.1, 0.15) is 34.1 Å². The second-order valence-corrected chi connectivity index (χ2v) is 6.31. The molecule has 1 aliphatic rings. The van der Waals surface area contributed by atoms with E-state index in [1.807, 2.05) is 0 Å². The van der Waals surface area contributed by atoms with E-state index in [2.05, 4.69) is 39.2 Å². The Labute approximate surface area is 90.6 Å². The van der Waals surface area contributed by atoms with Crippen molar-refractivity contribution in [3.8, 4) is 0 Å². The summed E-state index contributed by atoms with van der Waals surface area (Å²) in [6.07, 6.45) is 3.88. The van der Waals surface area contributed by atoms with Crippen molar-refractivity contribution in [2.75, 3.05) is 12.4 Å². The first-order valence-electron chi connectivity index (χ1n) is 5.40. The highest BCUT2D eigenvalue weighted by molar-refractivity contribution is 8.23. The average Bonchev–Trinajstić information content (AvgIpc) is 2.47. The van der Waals surface area contributed by atoms with Gasteiger partial charge in [0.2, 0.25) is 0 Å². The van der Waals surface area contributed by atoms with E-state index in [1.165, 1.54) is 17.7 Å². The molecule has 0 fully saturated rings. The number of allylic oxidation sites excluding steroid dienone is 3. The topological polar surface area (TPSA) is 9.23 Å². The monoisotopic (exact) mass is 214 g/mol. The van der Waals surface area contributed by atoms with Gasteiger partial charge in [-0.05, 0) is 43.1 Å². The van der Waals surface area contributed by atoms with Gasteiger partial charge in [-0.3, -0.25) is 0 Å². The molecule has 0 spiro atoms. The largest absolute Gasteiger partial charge is 0.378 e. The van der Waals surface area contributed by atoms with Crippen LogP contribution in [0.15, 0.2) is 22.0 Å². The van der Waals surface area contributed by atoms with Gasteiger partial charge in [0.15, 0.2) is 0 Å². The highest BCUT2D eigenvalue weighted by Gasteiger charge is 2.10. The smallest absolute Gasteiger partial charge is 0.0549 e. The summed E-state index contributed by atoms with van der Waals surface area (Å²) >= 11 is 0. The third-order valence-corrected chi connectivity index (χ3v) is 4.70. The van der Waals surface area contributed by atoms with Gasteiger partial charge in [-0.1, -0.05) is 13.0 Å². The van der Waals surface area contributed by atoms with Gasteiger partial charge in [0.05, 0.1) is 12.7 Å². The SMILES string of the molecule is CCC1=C[SH](CCOC(C)C)C(C)=C1. The lowest BCUT2D eigenvalue weighted by Crippen LogP contribution is -2.06. The molecule has 0 aromatic heterocycles. The van der Waals surface area contributed by atoms with Crippen LogP contribution in [0.4, 0.5) is 0 Å². The molecule has 0 saturated heterocycles. The van der Waals surface area contributed by atoms with E-state index in [9.17, 15) is 0 Å². The Morgan fingerprint density at radius 1 is 1.43 bits per heavy atom. The molecule has 0 bridgehead atoms. The minimum atomic E-state index is -0.00806. The summed E-state index contributed by atoms with van der Waals surface area (Å²) < 4.78 is 5.58. The number of thiol groups is 1. The van der Waals surface area contributed by atoms with Crippen LogP contribution in [0, 0.1) is 0 Å². The Morgan fingerprint density at radius 3 is 2.64 bits per heavy atom. The van der Waals surface area contributed by atoms with Crippen LogP contribution >= 0.6 is 10.9 Å². The van der Waals surface area contributed by atoms with E-state index in [0.717, 1.165) is 6.61 Å². The molecular weight excluding hydrogens is 192 g/mol. The zero-order chi connectivity index (χ0) is 10.6. The van der Waals surface area contributed by atoms with Crippen LogP contribution in [0.2, 0.25) is 0 Å². The first-order valence-corrected chi connectivity index (χ1v) is 7.00. The fourth-order valence-electron chi connectivity index (χ4n) is 1.51. The fraction of sp³-hybridized carbons (Fsp3) is 0.667. The molecule has 0 aliphatic carbocycles. The molecule has 0 aromatic carbocycles. The quantitative estimate of drug-likeness (QED) is 0.688. The zero-order valence-corrected chi connectivity index (χ0v) is 10.6. The van der Waals surface area contributed by atoms with Crippen LogP contribution in [-0.2, 0) is 4.74 Å². The molecule has 82 valence electrons. The van der Waals surface area contributed by atoms with Crippen LogP contribution in [0.25, 0.3) is 0 Å². The van der Waals surface area contributed by atoms with Crippen molar-refractivity contribution in [2.24, 2.45) is 0 Å². The third kappa shape index (κ3) is 3.50. The second-order valence-electron chi connectivity index (χ2n) is 3.96. The first-order chi connectivity index (χ1) is 6.63. The van der Waals surface area contributed by atoms with E-state index in [-0.39, 0.29) is 10.9 Å². The molecule has 0 amide bonds. The summed E-state index contributed by atoms with van der Waals surface area (Å²) in [4.78, 5) is 1.56. The maximum absolute atomic E-state index is 5.58. The first kappa shape index (κ1) is 11.9. The van der Waals surface area contributed by atoms with E-state index in [1.54, 1.807) is 4.91 Å². The number of hydrogen-bond acceptors (Lipinski definition) is 1. The minimum Gasteiger partial charge on any atom is -0.378 e. The summed E-state index contributed by atoms with van der Waals surface area (Å²) in [5, 5.41) is 2.45.